The molecule has 1 N–H and O–H groups in total. The van der Waals surface area contributed by atoms with Crippen molar-refractivity contribution in [3.05, 3.63) is 41.6 Å². The minimum Gasteiger partial charge on any atom is -0.356 e. The van der Waals surface area contributed by atoms with E-state index >= 15 is 0 Å². The fourth-order valence-corrected chi connectivity index (χ4v) is 4.07. The van der Waals surface area contributed by atoms with Gasteiger partial charge in [0.15, 0.2) is 10.8 Å². The number of amides is 1. The molecule has 0 spiro atoms. The van der Waals surface area contributed by atoms with Crippen molar-refractivity contribution in [2.75, 3.05) is 30.8 Å². The minimum absolute atomic E-state index is 0.169. The topological polar surface area (TPSA) is 75.9 Å². The molecule has 1 aliphatic rings. The van der Waals surface area contributed by atoms with Crippen LogP contribution in [0.5, 0.6) is 0 Å². The van der Waals surface area contributed by atoms with Crippen molar-refractivity contribution in [1.29, 1.82) is 0 Å². The van der Waals surface area contributed by atoms with Crippen molar-refractivity contribution in [3.63, 3.8) is 0 Å². The predicted molar refractivity (Wildman–Crippen MR) is 117 cm³/mol. The molecule has 0 saturated carbocycles. The van der Waals surface area contributed by atoms with Gasteiger partial charge in [0.25, 0.3) is 5.91 Å². The number of hydrogen-bond donors (Lipinski definition) is 1. The molecule has 3 heterocycles. The molecule has 1 aliphatic heterocycles. The molecule has 1 amide bonds. The quantitative estimate of drug-likeness (QED) is 0.439. The average molecular weight is 465 g/mol. The Kier molecular flexibility index (Phi) is 6.54. The highest BCUT2D eigenvalue weighted by atomic mass is 32.2. The monoisotopic (exact) mass is 464 g/mol. The Labute approximate surface area is 187 Å². The number of nitrogens with zero attached hydrogens (tertiary/aromatic N) is 5. The first-order chi connectivity index (χ1) is 15.4. The highest BCUT2D eigenvalue weighted by Gasteiger charge is 2.30. The third kappa shape index (κ3) is 4.82. The molecule has 1 fully saturated rings. The van der Waals surface area contributed by atoms with Gasteiger partial charge in [0.05, 0.1) is 23.7 Å². The largest absolute Gasteiger partial charge is 0.416 e. The number of carbonyl (C=O) groups is 1. The summed E-state index contributed by atoms with van der Waals surface area (Å²) in [6, 6.07) is 4.15. The molecule has 170 valence electrons. The number of hydrogen-bond acceptors (Lipinski definition) is 6. The predicted octanol–water partition coefficient (Wildman–Crippen LogP) is 3.99. The maximum atomic E-state index is 12.7. The van der Waals surface area contributed by atoms with Crippen LogP contribution in [0.15, 0.2) is 35.6 Å². The number of rotatable bonds is 6. The number of carbonyl (C=O) groups excluding carboxylic acids is 1. The summed E-state index contributed by atoms with van der Waals surface area (Å²) in [7, 11) is 0. The van der Waals surface area contributed by atoms with Crippen molar-refractivity contribution >= 4 is 34.5 Å². The van der Waals surface area contributed by atoms with Crippen molar-refractivity contribution in [2.24, 2.45) is 0 Å². The summed E-state index contributed by atoms with van der Waals surface area (Å²) in [6.45, 7) is 2.54. The number of nitrogens with one attached hydrogen (secondary N) is 1. The molecular weight excluding hydrogens is 441 g/mol. The van der Waals surface area contributed by atoms with Gasteiger partial charge < -0.3 is 10.2 Å². The zero-order valence-electron chi connectivity index (χ0n) is 17.5. The molecule has 1 saturated heterocycles. The van der Waals surface area contributed by atoms with Crippen LogP contribution in [0.1, 0.15) is 35.2 Å². The van der Waals surface area contributed by atoms with E-state index < -0.39 is 17.6 Å². The number of piperidine rings is 1. The molecule has 4 rings (SSSR count). The van der Waals surface area contributed by atoms with Crippen LogP contribution in [0, 0.1) is 0 Å². The lowest BCUT2D eigenvalue weighted by Gasteiger charge is -2.28. The highest BCUT2D eigenvalue weighted by Crippen LogP contribution is 2.30. The molecule has 0 atom stereocenters. The second-order valence-corrected chi connectivity index (χ2v) is 8.29. The maximum absolute atomic E-state index is 12.7. The molecule has 0 bridgehead atoms. The summed E-state index contributed by atoms with van der Waals surface area (Å²) in [5, 5.41) is 8.70. The van der Waals surface area contributed by atoms with Gasteiger partial charge in [-0.25, -0.2) is 14.6 Å². The molecule has 11 heteroatoms. The Balaban J connectivity index is 1.46. The first-order valence-corrected chi connectivity index (χ1v) is 11.6. The van der Waals surface area contributed by atoms with Gasteiger partial charge in [-0.15, -0.1) is 0 Å². The SMILES string of the molecule is CSc1nc(N2CCCCC2)c2cnn(CCNC(=O)c3ccc(C(F)(F)F)cc3)c2n1. The van der Waals surface area contributed by atoms with Gasteiger partial charge in [-0.1, -0.05) is 11.8 Å². The number of alkyl halides is 3. The van der Waals surface area contributed by atoms with E-state index in [9.17, 15) is 18.0 Å². The standard InChI is InChI=1S/C21H23F3N6OS/c1-32-20-27-17(29-10-3-2-4-11-29)16-13-26-30(18(16)28-20)12-9-25-19(31)14-5-7-15(8-6-14)21(22,23)24/h5-8,13H,2-4,9-12H2,1H3,(H,25,31). The second-order valence-electron chi connectivity index (χ2n) is 7.52. The number of halogens is 3. The molecule has 0 unspecified atom stereocenters. The van der Waals surface area contributed by atoms with E-state index in [1.54, 1.807) is 10.9 Å². The van der Waals surface area contributed by atoms with Gasteiger partial charge in [0.2, 0.25) is 0 Å². The van der Waals surface area contributed by atoms with Crippen LogP contribution in [0.25, 0.3) is 11.0 Å². The van der Waals surface area contributed by atoms with E-state index in [1.165, 1.54) is 30.3 Å². The fraction of sp³-hybridized carbons (Fsp3) is 0.429. The maximum Gasteiger partial charge on any atom is 0.416 e. The highest BCUT2D eigenvalue weighted by molar-refractivity contribution is 7.98. The Morgan fingerprint density at radius 1 is 1.12 bits per heavy atom. The van der Waals surface area contributed by atoms with Gasteiger partial charge in [-0.2, -0.15) is 18.3 Å². The number of fused-ring (bicyclic) bond motifs is 1. The molecule has 3 aromatic rings. The van der Waals surface area contributed by atoms with Gasteiger partial charge in [0.1, 0.15) is 5.82 Å². The van der Waals surface area contributed by atoms with Crippen molar-refractivity contribution in [1.82, 2.24) is 25.1 Å². The van der Waals surface area contributed by atoms with E-state index in [0.717, 1.165) is 49.3 Å². The summed E-state index contributed by atoms with van der Waals surface area (Å²) < 4.78 is 39.8. The Bertz CT molecular complexity index is 1090. The lowest BCUT2D eigenvalue weighted by molar-refractivity contribution is -0.137. The molecular formula is C21H23F3N6OS. The van der Waals surface area contributed by atoms with Gasteiger partial charge >= 0.3 is 6.18 Å². The zero-order chi connectivity index (χ0) is 22.7. The Hall–Kier alpha value is -2.82. The molecule has 7 nitrogen and oxygen atoms in total. The lowest BCUT2D eigenvalue weighted by atomic mass is 10.1. The van der Waals surface area contributed by atoms with E-state index in [-0.39, 0.29) is 12.1 Å². The minimum atomic E-state index is -4.43. The van der Waals surface area contributed by atoms with Crippen molar-refractivity contribution < 1.29 is 18.0 Å². The van der Waals surface area contributed by atoms with Gasteiger partial charge in [0, 0.05) is 25.2 Å². The summed E-state index contributed by atoms with van der Waals surface area (Å²) in [4.78, 5) is 23.9. The van der Waals surface area contributed by atoms with Crippen LogP contribution in [0.2, 0.25) is 0 Å². The van der Waals surface area contributed by atoms with Gasteiger partial charge in [-0.3, -0.25) is 4.79 Å². The summed E-state index contributed by atoms with van der Waals surface area (Å²) >= 11 is 1.46. The number of aromatic nitrogens is 4. The third-order valence-corrected chi connectivity index (χ3v) is 5.93. The summed E-state index contributed by atoms with van der Waals surface area (Å²) in [5.41, 5.74) is 0.0854. The Morgan fingerprint density at radius 2 is 1.84 bits per heavy atom. The molecule has 0 radical (unpaired) electrons. The number of anilines is 1. The van der Waals surface area contributed by atoms with Crippen LogP contribution < -0.4 is 10.2 Å². The summed E-state index contributed by atoms with van der Waals surface area (Å²) in [5.74, 6) is 0.447. The summed E-state index contributed by atoms with van der Waals surface area (Å²) in [6.07, 6.45) is 2.72. The van der Waals surface area contributed by atoms with Crippen molar-refractivity contribution in [3.8, 4) is 0 Å². The van der Waals surface area contributed by atoms with Crippen LogP contribution >= 0.6 is 11.8 Å². The smallest absolute Gasteiger partial charge is 0.356 e. The number of thioether (sulfide) groups is 1. The Morgan fingerprint density at radius 3 is 2.50 bits per heavy atom. The molecule has 32 heavy (non-hydrogen) atoms. The first-order valence-electron chi connectivity index (χ1n) is 10.3. The first kappa shape index (κ1) is 22.4. The number of benzene rings is 1. The van der Waals surface area contributed by atoms with E-state index in [1.807, 2.05) is 6.26 Å². The normalized spacial score (nSPS) is 14.7. The molecule has 0 aliphatic carbocycles. The van der Waals surface area contributed by atoms with Gasteiger partial charge in [-0.05, 0) is 49.8 Å². The van der Waals surface area contributed by atoms with E-state index in [4.69, 9.17) is 4.98 Å². The van der Waals surface area contributed by atoms with Crippen LogP contribution in [-0.4, -0.2) is 51.5 Å². The van der Waals surface area contributed by atoms with Crippen LogP contribution in [-0.2, 0) is 12.7 Å². The van der Waals surface area contributed by atoms with Crippen molar-refractivity contribution in [2.45, 2.75) is 37.1 Å². The molecule has 2 aromatic heterocycles. The average Bonchev–Trinajstić information content (AvgIpc) is 3.21. The van der Waals surface area contributed by atoms with E-state index in [2.05, 4.69) is 20.3 Å². The third-order valence-electron chi connectivity index (χ3n) is 5.38. The zero-order valence-corrected chi connectivity index (χ0v) is 18.3. The van der Waals surface area contributed by atoms with Crippen LogP contribution in [0.3, 0.4) is 0 Å². The lowest BCUT2D eigenvalue weighted by Crippen LogP contribution is -2.30. The fourth-order valence-electron chi connectivity index (χ4n) is 3.71. The second kappa shape index (κ2) is 9.35. The van der Waals surface area contributed by atoms with E-state index in [0.29, 0.717) is 17.3 Å². The van der Waals surface area contributed by atoms with Crippen LogP contribution in [0.4, 0.5) is 19.0 Å². The molecule has 1 aromatic carbocycles.